The molecule has 1 aliphatic rings. The van der Waals surface area contributed by atoms with E-state index < -0.39 is 36.4 Å². The molecule has 1 heterocycles. The Balaban J connectivity index is 2.67. The second-order valence-corrected chi connectivity index (χ2v) is 9.12. The Morgan fingerprint density at radius 1 is 1.38 bits per heavy atom. The molecule has 6 nitrogen and oxygen atoms in total. The summed E-state index contributed by atoms with van der Waals surface area (Å²) < 4.78 is 8.98. The van der Waals surface area contributed by atoms with Crippen LogP contribution in [0.2, 0.25) is 0 Å². The molecule has 1 rings (SSSR count). The molecule has 0 bridgehead atoms. The zero-order valence-electron chi connectivity index (χ0n) is 13.3. The topological polar surface area (TPSA) is 76.1 Å². The van der Waals surface area contributed by atoms with Gasteiger partial charge in [-0.15, -0.1) is 0 Å². The standard InChI is InChI=1S/C14H25INO5/c1-13(2,3)21-12(18)16-7-6-10(9-16)14(19,15-4)8-11(17)20-5/h10,19H,6-9H2,1-5H3/q-1/t10-,14-/m0/s1. The van der Waals surface area contributed by atoms with Crippen molar-refractivity contribution < 1.29 is 45.4 Å². The SMILES string of the molecule is COC(=O)C[C@@](O)([I-]C)[C@H]1CCN(C(=O)OC(C)(C)C)C1. The van der Waals surface area contributed by atoms with Crippen LogP contribution in [0, 0.1) is 5.92 Å². The third kappa shape index (κ3) is 5.28. The van der Waals surface area contributed by atoms with Gasteiger partial charge in [0.25, 0.3) is 0 Å². The number of rotatable bonds is 4. The van der Waals surface area contributed by atoms with Crippen LogP contribution in [0.25, 0.3) is 0 Å². The van der Waals surface area contributed by atoms with Crippen LogP contribution in [0.5, 0.6) is 0 Å². The zero-order valence-corrected chi connectivity index (χ0v) is 15.5. The monoisotopic (exact) mass is 414 g/mol. The predicted octanol–water partition coefficient (Wildman–Crippen LogP) is -1.79. The first-order valence-electron chi connectivity index (χ1n) is 6.89. The van der Waals surface area contributed by atoms with E-state index >= 15 is 0 Å². The van der Waals surface area contributed by atoms with Gasteiger partial charge in [-0.1, -0.05) is 0 Å². The van der Waals surface area contributed by atoms with E-state index in [9.17, 15) is 14.7 Å². The van der Waals surface area contributed by atoms with Crippen LogP contribution in [0.1, 0.15) is 33.6 Å². The summed E-state index contributed by atoms with van der Waals surface area (Å²) in [4.78, 5) is 27.1. The molecule has 0 aliphatic carbocycles. The van der Waals surface area contributed by atoms with Crippen molar-refractivity contribution in [2.45, 2.75) is 42.8 Å². The van der Waals surface area contributed by atoms with Crippen molar-refractivity contribution in [3.8, 4) is 0 Å². The molecule has 0 aromatic heterocycles. The van der Waals surface area contributed by atoms with Crippen molar-refractivity contribution in [3.05, 3.63) is 0 Å². The minimum atomic E-state index is -1.03. The predicted molar refractivity (Wildman–Crippen MR) is 73.4 cm³/mol. The number of alkyl halides is 2. The number of aliphatic hydroxyl groups is 1. The van der Waals surface area contributed by atoms with Gasteiger partial charge in [0.2, 0.25) is 0 Å². The summed E-state index contributed by atoms with van der Waals surface area (Å²) in [6, 6.07) is 0. The summed E-state index contributed by atoms with van der Waals surface area (Å²) >= 11 is -0.586. The van der Waals surface area contributed by atoms with Gasteiger partial charge in [0.1, 0.15) is 0 Å². The summed E-state index contributed by atoms with van der Waals surface area (Å²) in [5.41, 5.74) is -0.533. The fourth-order valence-electron chi connectivity index (χ4n) is 2.25. The van der Waals surface area contributed by atoms with Crippen LogP contribution in [0.4, 0.5) is 4.79 Å². The van der Waals surface area contributed by atoms with Crippen LogP contribution in [0.3, 0.4) is 0 Å². The second kappa shape index (κ2) is 7.13. The maximum absolute atomic E-state index is 12.0. The third-order valence-electron chi connectivity index (χ3n) is 3.41. The third-order valence-corrected chi connectivity index (χ3v) is 6.54. The van der Waals surface area contributed by atoms with E-state index in [-0.39, 0.29) is 18.4 Å². The number of carbonyl (C=O) groups is 2. The summed E-state index contributed by atoms with van der Waals surface area (Å²) in [6.45, 7) is 6.44. The normalized spacial score (nSPS) is 22.0. The number of esters is 1. The second-order valence-electron chi connectivity index (χ2n) is 6.17. The van der Waals surface area contributed by atoms with Crippen molar-refractivity contribution in [1.82, 2.24) is 4.90 Å². The number of hydrogen-bond donors (Lipinski definition) is 1. The van der Waals surface area contributed by atoms with E-state index in [4.69, 9.17) is 4.74 Å². The molecule has 0 spiro atoms. The van der Waals surface area contributed by atoms with Crippen LogP contribution in [-0.2, 0) is 14.3 Å². The van der Waals surface area contributed by atoms with Gasteiger partial charge in [-0.05, 0) is 0 Å². The Hall–Kier alpha value is -0.570. The van der Waals surface area contributed by atoms with E-state index in [2.05, 4.69) is 4.74 Å². The Bertz CT molecular complexity index is 395. The molecule has 124 valence electrons. The number of halogens is 1. The van der Waals surface area contributed by atoms with Gasteiger partial charge >= 0.3 is 136 Å². The zero-order chi connectivity index (χ0) is 16.3. The maximum atomic E-state index is 12.0. The first-order valence-corrected chi connectivity index (χ1v) is 10.1. The van der Waals surface area contributed by atoms with E-state index in [0.29, 0.717) is 19.5 Å². The van der Waals surface area contributed by atoms with Crippen molar-refractivity contribution in [3.63, 3.8) is 0 Å². The van der Waals surface area contributed by atoms with Crippen molar-refractivity contribution in [1.29, 1.82) is 0 Å². The van der Waals surface area contributed by atoms with E-state index in [1.165, 1.54) is 7.11 Å². The molecule has 2 atom stereocenters. The average molecular weight is 414 g/mol. The molecule has 0 aromatic carbocycles. The molecule has 0 radical (unpaired) electrons. The van der Waals surface area contributed by atoms with Gasteiger partial charge in [0.15, 0.2) is 0 Å². The summed E-state index contributed by atoms with van der Waals surface area (Å²) in [6.07, 6.45) is 0.320. The van der Waals surface area contributed by atoms with Gasteiger partial charge in [-0.3, -0.25) is 0 Å². The van der Waals surface area contributed by atoms with E-state index in [0.717, 1.165) is 0 Å². The molecule has 1 fully saturated rings. The Morgan fingerprint density at radius 2 is 2.00 bits per heavy atom. The molecular formula is C14H25INO5-. The fraction of sp³-hybridized carbons (Fsp3) is 0.857. The number of likely N-dealkylation sites (tertiary alicyclic amines) is 1. The number of methoxy groups -OCH3 is 1. The molecule has 21 heavy (non-hydrogen) atoms. The van der Waals surface area contributed by atoms with Crippen molar-refractivity contribution in [2.75, 3.05) is 25.1 Å². The Morgan fingerprint density at radius 3 is 2.48 bits per heavy atom. The van der Waals surface area contributed by atoms with Gasteiger partial charge in [0.05, 0.1) is 0 Å². The molecule has 0 saturated carbocycles. The molecule has 1 N–H and O–H groups in total. The van der Waals surface area contributed by atoms with Gasteiger partial charge < -0.3 is 0 Å². The van der Waals surface area contributed by atoms with Gasteiger partial charge in [0, 0.05) is 0 Å². The van der Waals surface area contributed by atoms with Crippen LogP contribution >= 0.6 is 0 Å². The van der Waals surface area contributed by atoms with Crippen LogP contribution < -0.4 is 21.2 Å². The number of carbonyl (C=O) groups excluding carboxylic acids is 2. The van der Waals surface area contributed by atoms with Crippen LogP contribution in [-0.4, -0.2) is 56.4 Å². The molecule has 1 aliphatic heterocycles. The summed E-state index contributed by atoms with van der Waals surface area (Å²) in [5, 5.41) is 10.7. The number of amides is 1. The Labute approximate surface area is 136 Å². The Kier molecular flexibility index (Phi) is 6.27. The first-order chi connectivity index (χ1) is 9.61. The minimum absolute atomic E-state index is 0.000104. The average Bonchev–Trinajstić information content (AvgIpc) is 2.86. The summed E-state index contributed by atoms with van der Waals surface area (Å²) in [5.74, 6) is -0.503. The van der Waals surface area contributed by atoms with E-state index in [1.807, 2.05) is 25.7 Å². The first kappa shape index (κ1) is 18.5. The molecular weight excluding hydrogens is 389 g/mol. The summed E-state index contributed by atoms with van der Waals surface area (Å²) in [7, 11) is 1.32. The number of ether oxygens (including phenoxy) is 2. The molecule has 0 aromatic rings. The van der Waals surface area contributed by atoms with Gasteiger partial charge in [-0.2, -0.15) is 0 Å². The van der Waals surface area contributed by atoms with Crippen LogP contribution in [0.15, 0.2) is 0 Å². The number of nitrogens with zero attached hydrogens (tertiary/aromatic N) is 1. The van der Waals surface area contributed by atoms with Crippen molar-refractivity contribution >= 4 is 12.1 Å². The fourth-order valence-corrected chi connectivity index (χ4v) is 4.34. The van der Waals surface area contributed by atoms with E-state index in [1.54, 1.807) is 4.90 Å². The molecule has 7 heteroatoms. The molecule has 0 unspecified atom stereocenters. The van der Waals surface area contributed by atoms with Crippen molar-refractivity contribution in [2.24, 2.45) is 5.92 Å². The molecule has 1 amide bonds. The molecule has 1 saturated heterocycles. The number of hydrogen-bond acceptors (Lipinski definition) is 5. The van der Waals surface area contributed by atoms with Gasteiger partial charge in [-0.25, -0.2) is 0 Å². The quantitative estimate of drug-likeness (QED) is 0.334.